The Bertz CT molecular complexity index is 567. The average Bonchev–Trinajstić information content (AvgIpc) is 3.04. The summed E-state index contributed by atoms with van der Waals surface area (Å²) in [6, 6.07) is 9.25. The van der Waals surface area contributed by atoms with Crippen molar-refractivity contribution in [2.24, 2.45) is 5.92 Å². The molecule has 1 aliphatic rings. The molecule has 21 heavy (non-hydrogen) atoms. The van der Waals surface area contributed by atoms with Crippen LogP contribution >= 0.6 is 0 Å². The van der Waals surface area contributed by atoms with Crippen LogP contribution in [0.5, 0.6) is 0 Å². The van der Waals surface area contributed by atoms with E-state index in [1.54, 1.807) is 0 Å². The molecule has 1 N–H and O–H groups in total. The lowest BCUT2D eigenvalue weighted by atomic mass is 9.91. The molecule has 2 aromatic rings. The summed E-state index contributed by atoms with van der Waals surface area (Å²) in [4.78, 5) is 4.34. The third-order valence-electron chi connectivity index (χ3n) is 4.78. The Labute approximate surface area is 128 Å². The Morgan fingerprint density at radius 1 is 1.24 bits per heavy atom. The minimum Gasteiger partial charge on any atom is -0.310 e. The van der Waals surface area contributed by atoms with Crippen LogP contribution in [0.4, 0.5) is 0 Å². The Hall–Kier alpha value is -1.41. The molecule has 1 fully saturated rings. The third-order valence-corrected chi connectivity index (χ3v) is 4.78. The van der Waals surface area contributed by atoms with E-state index in [9.17, 15) is 0 Å². The highest BCUT2D eigenvalue weighted by Crippen LogP contribution is 2.35. The summed E-state index contributed by atoms with van der Waals surface area (Å²) in [5.74, 6) is 0.895. The molecule has 0 bridgehead atoms. The van der Waals surface area contributed by atoms with E-state index < -0.39 is 0 Å². The minimum absolute atomic E-state index is 0.473. The lowest BCUT2D eigenvalue weighted by molar-refractivity contribution is 0.397. The standard InChI is InChI=1S/C19H26N2/c1-2-11-21-19(13-15-6-3-4-7-15)17-9-5-8-16-10-12-20-14-18(16)17/h5,8-10,12,14-15,19,21H,2-4,6-7,11,13H2,1H3. The molecule has 0 saturated heterocycles. The molecule has 1 saturated carbocycles. The van der Waals surface area contributed by atoms with Gasteiger partial charge in [-0.3, -0.25) is 4.98 Å². The summed E-state index contributed by atoms with van der Waals surface area (Å²) < 4.78 is 0. The first-order chi connectivity index (χ1) is 10.4. The number of nitrogens with zero attached hydrogens (tertiary/aromatic N) is 1. The fraction of sp³-hybridized carbons (Fsp3) is 0.526. The van der Waals surface area contributed by atoms with Crippen molar-refractivity contribution in [3.05, 3.63) is 42.2 Å². The van der Waals surface area contributed by atoms with E-state index in [0.29, 0.717) is 6.04 Å². The summed E-state index contributed by atoms with van der Waals surface area (Å²) in [6.45, 7) is 3.33. The van der Waals surface area contributed by atoms with Crippen molar-refractivity contribution in [1.82, 2.24) is 10.3 Å². The maximum Gasteiger partial charge on any atom is 0.0349 e. The van der Waals surface area contributed by atoms with Gasteiger partial charge in [-0.05, 0) is 42.3 Å². The number of benzene rings is 1. The SMILES string of the molecule is CCCNC(CC1CCCC1)c1cccc2ccncc12. The molecule has 1 aromatic heterocycles. The predicted molar refractivity (Wildman–Crippen MR) is 89.4 cm³/mol. The molecule has 112 valence electrons. The fourth-order valence-corrected chi connectivity index (χ4v) is 3.66. The van der Waals surface area contributed by atoms with E-state index in [2.05, 4.69) is 41.5 Å². The van der Waals surface area contributed by atoms with Crippen molar-refractivity contribution < 1.29 is 0 Å². The van der Waals surface area contributed by atoms with Crippen molar-refractivity contribution in [3.8, 4) is 0 Å². The van der Waals surface area contributed by atoms with Gasteiger partial charge in [-0.1, -0.05) is 50.8 Å². The molecule has 1 heterocycles. The first-order valence-electron chi connectivity index (χ1n) is 8.44. The topological polar surface area (TPSA) is 24.9 Å². The van der Waals surface area contributed by atoms with E-state index in [1.807, 2.05) is 12.4 Å². The van der Waals surface area contributed by atoms with Crippen molar-refractivity contribution in [2.75, 3.05) is 6.54 Å². The van der Waals surface area contributed by atoms with E-state index in [1.165, 1.54) is 54.9 Å². The molecular formula is C19H26N2. The largest absolute Gasteiger partial charge is 0.310 e. The van der Waals surface area contributed by atoms with Crippen LogP contribution in [0.1, 0.15) is 57.1 Å². The van der Waals surface area contributed by atoms with Gasteiger partial charge in [-0.15, -0.1) is 0 Å². The summed E-state index contributed by atoms with van der Waals surface area (Å²) >= 11 is 0. The monoisotopic (exact) mass is 282 g/mol. The fourth-order valence-electron chi connectivity index (χ4n) is 3.66. The minimum atomic E-state index is 0.473. The molecule has 1 aliphatic carbocycles. The van der Waals surface area contributed by atoms with Crippen molar-refractivity contribution >= 4 is 10.8 Å². The van der Waals surface area contributed by atoms with Crippen LogP contribution in [-0.2, 0) is 0 Å². The lowest BCUT2D eigenvalue weighted by Crippen LogP contribution is -2.24. The number of aromatic nitrogens is 1. The van der Waals surface area contributed by atoms with Crippen LogP contribution in [-0.4, -0.2) is 11.5 Å². The summed E-state index contributed by atoms with van der Waals surface area (Å²) in [5, 5.41) is 6.39. The van der Waals surface area contributed by atoms with E-state index in [0.717, 1.165) is 12.5 Å². The van der Waals surface area contributed by atoms with Gasteiger partial charge in [0.1, 0.15) is 0 Å². The Morgan fingerprint density at radius 3 is 2.90 bits per heavy atom. The van der Waals surface area contributed by atoms with Gasteiger partial charge in [0.25, 0.3) is 0 Å². The number of hydrogen-bond donors (Lipinski definition) is 1. The maximum absolute atomic E-state index is 4.34. The number of pyridine rings is 1. The van der Waals surface area contributed by atoms with E-state index in [4.69, 9.17) is 0 Å². The van der Waals surface area contributed by atoms with Crippen molar-refractivity contribution in [3.63, 3.8) is 0 Å². The summed E-state index contributed by atoms with van der Waals surface area (Å²) in [5.41, 5.74) is 1.43. The second kappa shape index (κ2) is 7.04. The number of fused-ring (bicyclic) bond motifs is 1. The molecule has 1 unspecified atom stereocenters. The Kier molecular flexibility index (Phi) is 4.87. The smallest absolute Gasteiger partial charge is 0.0349 e. The Morgan fingerprint density at radius 2 is 2.10 bits per heavy atom. The number of rotatable bonds is 6. The van der Waals surface area contributed by atoms with Gasteiger partial charge < -0.3 is 5.32 Å². The molecule has 0 amide bonds. The van der Waals surface area contributed by atoms with Gasteiger partial charge in [-0.25, -0.2) is 0 Å². The number of hydrogen-bond acceptors (Lipinski definition) is 2. The van der Waals surface area contributed by atoms with Crippen LogP contribution in [0, 0.1) is 5.92 Å². The predicted octanol–water partition coefficient (Wildman–Crippen LogP) is 4.86. The maximum atomic E-state index is 4.34. The molecule has 2 nitrogen and oxygen atoms in total. The van der Waals surface area contributed by atoms with Crippen LogP contribution in [0.15, 0.2) is 36.7 Å². The molecule has 1 aromatic carbocycles. The van der Waals surface area contributed by atoms with Gasteiger partial charge in [0.15, 0.2) is 0 Å². The first-order valence-corrected chi connectivity index (χ1v) is 8.44. The van der Waals surface area contributed by atoms with Gasteiger partial charge in [0, 0.05) is 23.8 Å². The third kappa shape index (κ3) is 3.44. The van der Waals surface area contributed by atoms with Gasteiger partial charge in [0.2, 0.25) is 0 Å². The highest BCUT2D eigenvalue weighted by Gasteiger charge is 2.22. The lowest BCUT2D eigenvalue weighted by Gasteiger charge is -2.23. The van der Waals surface area contributed by atoms with Crippen LogP contribution < -0.4 is 5.32 Å². The van der Waals surface area contributed by atoms with Crippen molar-refractivity contribution in [2.45, 2.75) is 51.5 Å². The zero-order valence-corrected chi connectivity index (χ0v) is 13.0. The average molecular weight is 282 g/mol. The van der Waals surface area contributed by atoms with Crippen LogP contribution in [0.2, 0.25) is 0 Å². The van der Waals surface area contributed by atoms with Gasteiger partial charge in [0.05, 0.1) is 0 Å². The second-order valence-electron chi connectivity index (χ2n) is 6.34. The normalized spacial score (nSPS) is 17.4. The van der Waals surface area contributed by atoms with Gasteiger partial charge >= 0.3 is 0 Å². The zero-order valence-electron chi connectivity index (χ0n) is 13.0. The highest BCUT2D eigenvalue weighted by atomic mass is 14.9. The van der Waals surface area contributed by atoms with E-state index >= 15 is 0 Å². The molecule has 1 atom stereocenters. The van der Waals surface area contributed by atoms with E-state index in [-0.39, 0.29) is 0 Å². The molecule has 0 aliphatic heterocycles. The van der Waals surface area contributed by atoms with Gasteiger partial charge in [-0.2, -0.15) is 0 Å². The van der Waals surface area contributed by atoms with Crippen LogP contribution in [0.25, 0.3) is 10.8 Å². The molecule has 0 radical (unpaired) electrons. The Balaban J connectivity index is 1.89. The number of nitrogens with one attached hydrogen (secondary N) is 1. The quantitative estimate of drug-likeness (QED) is 0.818. The summed E-state index contributed by atoms with van der Waals surface area (Å²) in [7, 11) is 0. The molecule has 0 spiro atoms. The highest BCUT2D eigenvalue weighted by molar-refractivity contribution is 5.85. The second-order valence-corrected chi connectivity index (χ2v) is 6.34. The molecule has 3 rings (SSSR count). The first kappa shape index (κ1) is 14.5. The molecule has 2 heteroatoms. The zero-order chi connectivity index (χ0) is 14.5. The van der Waals surface area contributed by atoms with Crippen LogP contribution in [0.3, 0.4) is 0 Å². The van der Waals surface area contributed by atoms with Crippen molar-refractivity contribution in [1.29, 1.82) is 0 Å². The molecular weight excluding hydrogens is 256 g/mol. The summed E-state index contributed by atoms with van der Waals surface area (Å²) in [6.07, 6.45) is 12.0.